The summed E-state index contributed by atoms with van der Waals surface area (Å²) in [4.78, 5) is 12.6. The van der Waals surface area contributed by atoms with Gasteiger partial charge in [0.1, 0.15) is 23.9 Å². The maximum absolute atomic E-state index is 13.1. The van der Waals surface area contributed by atoms with Gasteiger partial charge in [0.2, 0.25) is 5.78 Å². The monoisotopic (exact) mass is 458 g/mol. The number of hydrogen-bond donors (Lipinski definition) is 0. The van der Waals surface area contributed by atoms with Crippen LogP contribution in [0, 0.1) is 5.82 Å². The van der Waals surface area contributed by atoms with Gasteiger partial charge in [0.15, 0.2) is 5.76 Å². The van der Waals surface area contributed by atoms with Crippen LogP contribution in [0.5, 0.6) is 11.5 Å². The highest BCUT2D eigenvalue weighted by molar-refractivity contribution is 9.10. The van der Waals surface area contributed by atoms with Crippen molar-refractivity contribution in [3.63, 3.8) is 0 Å². The van der Waals surface area contributed by atoms with E-state index in [2.05, 4.69) is 15.9 Å². The minimum atomic E-state index is -0.400. The molecule has 3 aromatic rings. The Bertz CT molecular complexity index is 1110. The van der Waals surface area contributed by atoms with Crippen molar-refractivity contribution in [2.75, 3.05) is 0 Å². The Kier molecular flexibility index (Phi) is 5.20. The molecule has 0 aliphatic carbocycles. The summed E-state index contributed by atoms with van der Waals surface area (Å²) < 4.78 is 25.5. The lowest BCUT2D eigenvalue weighted by atomic mass is 10.1. The molecule has 3 nitrogen and oxygen atoms in total. The van der Waals surface area contributed by atoms with Gasteiger partial charge in [-0.3, -0.25) is 4.79 Å². The molecule has 1 heterocycles. The molecule has 6 heteroatoms. The molecule has 0 bridgehead atoms. The summed E-state index contributed by atoms with van der Waals surface area (Å²) in [5.41, 5.74) is 1.99. The SMILES string of the molecule is O=C1C(=Cc2ccccc2Br)Oc2cc(OCc3ccc(F)cc3Cl)ccc21. The molecule has 0 saturated heterocycles. The number of ether oxygens (including phenoxy) is 2. The van der Waals surface area contributed by atoms with Crippen LogP contribution in [0.15, 0.2) is 70.9 Å². The Balaban J connectivity index is 1.53. The van der Waals surface area contributed by atoms with Gasteiger partial charge >= 0.3 is 0 Å². The maximum atomic E-state index is 13.1. The van der Waals surface area contributed by atoms with E-state index in [1.54, 1.807) is 30.3 Å². The summed E-state index contributed by atoms with van der Waals surface area (Å²) in [5.74, 6) is 0.627. The van der Waals surface area contributed by atoms with E-state index in [0.29, 0.717) is 27.6 Å². The van der Waals surface area contributed by atoms with Crippen LogP contribution in [0.3, 0.4) is 0 Å². The molecular weight excluding hydrogens is 447 g/mol. The molecule has 140 valence electrons. The first-order valence-electron chi connectivity index (χ1n) is 8.41. The smallest absolute Gasteiger partial charge is 0.231 e. The van der Waals surface area contributed by atoms with Gasteiger partial charge in [-0.2, -0.15) is 0 Å². The third kappa shape index (κ3) is 3.81. The number of carbonyl (C=O) groups excluding carboxylic acids is 1. The molecular formula is C22H13BrClFO3. The number of hydrogen-bond acceptors (Lipinski definition) is 3. The molecule has 0 atom stereocenters. The second-order valence-electron chi connectivity index (χ2n) is 6.14. The number of rotatable bonds is 4. The number of allylic oxidation sites excluding steroid dienone is 1. The lowest BCUT2D eigenvalue weighted by molar-refractivity contribution is 0.101. The molecule has 28 heavy (non-hydrogen) atoms. The van der Waals surface area contributed by atoms with Crippen LogP contribution in [-0.4, -0.2) is 5.78 Å². The molecule has 0 unspecified atom stereocenters. The molecule has 0 radical (unpaired) electrons. The van der Waals surface area contributed by atoms with Crippen LogP contribution >= 0.6 is 27.5 Å². The predicted octanol–water partition coefficient (Wildman–Crippen LogP) is 6.44. The highest BCUT2D eigenvalue weighted by atomic mass is 79.9. The molecule has 4 rings (SSSR count). The molecule has 1 aliphatic rings. The van der Waals surface area contributed by atoms with Crippen molar-refractivity contribution in [2.24, 2.45) is 0 Å². The predicted molar refractivity (Wildman–Crippen MR) is 109 cm³/mol. The maximum Gasteiger partial charge on any atom is 0.231 e. The number of Topliss-reactive ketones (excluding diaryl/α,β-unsaturated/α-hetero) is 1. The second kappa shape index (κ2) is 7.78. The number of ketones is 1. The van der Waals surface area contributed by atoms with E-state index >= 15 is 0 Å². The standard InChI is InChI=1S/C22H13BrClFO3/c23-18-4-2-1-3-13(18)9-21-22(26)17-8-7-16(11-20(17)28-21)27-12-14-5-6-15(25)10-19(14)24/h1-11H,12H2. The molecule has 0 amide bonds. The van der Waals surface area contributed by atoms with E-state index in [4.69, 9.17) is 21.1 Å². The Hall–Kier alpha value is -2.63. The van der Waals surface area contributed by atoms with Gasteiger partial charge in [0.05, 0.1) is 10.6 Å². The van der Waals surface area contributed by atoms with Crippen molar-refractivity contribution < 1.29 is 18.7 Å². The largest absolute Gasteiger partial charge is 0.489 e. The average molecular weight is 460 g/mol. The summed E-state index contributed by atoms with van der Waals surface area (Å²) in [5, 5.41) is 0.297. The second-order valence-corrected chi connectivity index (χ2v) is 7.41. The molecule has 3 aromatic carbocycles. The van der Waals surface area contributed by atoms with Crippen molar-refractivity contribution in [2.45, 2.75) is 6.61 Å². The number of benzene rings is 3. The molecule has 0 fully saturated rings. The lowest BCUT2D eigenvalue weighted by Crippen LogP contribution is -1.98. The third-order valence-electron chi connectivity index (χ3n) is 4.24. The Labute approximate surface area is 174 Å². The first-order valence-corrected chi connectivity index (χ1v) is 9.58. The minimum absolute atomic E-state index is 0.172. The van der Waals surface area contributed by atoms with Crippen LogP contribution in [0.1, 0.15) is 21.5 Å². The molecule has 0 saturated carbocycles. The average Bonchev–Trinajstić information content (AvgIpc) is 2.98. The van der Waals surface area contributed by atoms with Gasteiger partial charge in [-0.25, -0.2) is 4.39 Å². The van der Waals surface area contributed by atoms with Gasteiger partial charge in [-0.15, -0.1) is 0 Å². The number of fused-ring (bicyclic) bond motifs is 1. The van der Waals surface area contributed by atoms with Gasteiger partial charge in [-0.1, -0.05) is 51.8 Å². The fraction of sp³-hybridized carbons (Fsp3) is 0.0455. The normalized spacial score (nSPS) is 14.1. The number of halogens is 3. The van der Waals surface area contributed by atoms with E-state index in [1.165, 1.54) is 12.1 Å². The van der Waals surface area contributed by atoms with Crippen LogP contribution in [0.25, 0.3) is 6.08 Å². The Morgan fingerprint density at radius 1 is 1.11 bits per heavy atom. The number of carbonyl (C=O) groups is 1. The van der Waals surface area contributed by atoms with Crippen molar-refractivity contribution in [1.29, 1.82) is 0 Å². The first kappa shape index (κ1) is 18.7. The van der Waals surface area contributed by atoms with Gasteiger partial charge in [-0.05, 0) is 42.0 Å². The highest BCUT2D eigenvalue weighted by Gasteiger charge is 2.28. The van der Waals surface area contributed by atoms with E-state index in [0.717, 1.165) is 10.0 Å². The van der Waals surface area contributed by atoms with Crippen molar-refractivity contribution in [1.82, 2.24) is 0 Å². The van der Waals surface area contributed by atoms with Crippen LogP contribution in [-0.2, 0) is 6.61 Å². The lowest BCUT2D eigenvalue weighted by Gasteiger charge is -2.08. The third-order valence-corrected chi connectivity index (χ3v) is 5.32. The minimum Gasteiger partial charge on any atom is -0.489 e. The zero-order valence-corrected chi connectivity index (χ0v) is 16.8. The molecule has 0 spiro atoms. The van der Waals surface area contributed by atoms with Gasteiger partial charge in [0.25, 0.3) is 0 Å². The summed E-state index contributed by atoms with van der Waals surface area (Å²) in [7, 11) is 0. The Morgan fingerprint density at radius 3 is 2.71 bits per heavy atom. The summed E-state index contributed by atoms with van der Waals surface area (Å²) in [6, 6.07) is 16.7. The van der Waals surface area contributed by atoms with Gasteiger partial charge < -0.3 is 9.47 Å². The van der Waals surface area contributed by atoms with E-state index in [9.17, 15) is 9.18 Å². The quantitative estimate of drug-likeness (QED) is 0.421. The fourth-order valence-corrected chi connectivity index (χ4v) is 3.41. The van der Waals surface area contributed by atoms with Crippen molar-refractivity contribution >= 4 is 39.4 Å². The summed E-state index contributed by atoms with van der Waals surface area (Å²) >= 11 is 9.47. The molecule has 0 aromatic heterocycles. The van der Waals surface area contributed by atoms with E-state index in [1.807, 2.05) is 24.3 Å². The van der Waals surface area contributed by atoms with E-state index < -0.39 is 5.82 Å². The molecule has 1 aliphatic heterocycles. The zero-order chi connectivity index (χ0) is 19.7. The Morgan fingerprint density at radius 2 is 1.93 bits per heavy atom. The summed E-state index contributed by atoms with van der Waals surface area (Å²) in [6.07, 6.45) is 1.70. The zero-order valence-electron chi connectivity index (χ0n) is 14.4. The van der Waals surface area contributed by atoms with Crippen molar-refractivity contribution in [3.8, 4) is 11.5 Å². The first-order chi connectivity index (χ1) is 13.5. The van der Waals surface area contributed by atoms with E-state index in [-0.39, 0.29) is 18.1 Å². The fourth-order valence-electron chi connectivity index (χ4n) is 2.79. The summed E-state index contributed by atoms with van der Waals surface area (Å²) in [6.45, 7) is 0.172. The van der Waals surface area contributed by atoms with Crippen molar-refractivity contribution in [3.05, 3.63) is 98.4 Å². The van der Waals surface area contributed by atoms with Crippen LogP contribution < -0.4 is 9.47 Å². The van der Waals surface area contributed by atoms with Gasteiger partial charge in [0, 0.05) is 16.1 Å². The molecule has 0 N–H and O–H groups in total. The topological polar surface area (TPSA) is 35.5 Å². The van der Waals surface area contributed by atoms with Crippen LogP contribution in [0.2, 0.25) is 5.02 Å². The highest BCUT2D eigenvalue weighted by Crippen LogP contribution is 2.35. The van der Waals surface area contributed by atoms with Crippen LogP contribution in [0.4, 0.5) is 4.39 Å².